The molecule has 0 aliphatic heterocycles. The molecule has 0 radical (unpaired) electrons. The predicted molar refractivity (Wildman–Crippen MR) is 112 cm³/mol. The van der Waals surface area contributed by atoms with Gasteiger partial charge in [0.25, 0.3) is 0 Å². The predicted octanol–water partition coefficient (Wildman–Crippen LogP) is 7.12. The first kappa shape index (κ1) is 24.6. The smallest absolute Gasteiger partial charge is 0.303 e. The van der Waals surface area contributed by atoms with E-state index in [0.717, 1.165) is 38.5 Å². The number of aliphatic carboxylic acids is 1. The summed E-state index contributed by atoms with van der Waals surface area (Å²) in [6.45, 7) is 2.26. The molecule has 2 heteroatoms. The summed E-state index contributed by atoms with van der Waals surface area (Å²) < 4.78 is 0. The van der Waals surface area contributed by atoms with Gasteiger partial charge in [0.1, 0.15) is 0 Å². The van der Waals surface area contributed by atoms with Gasteiger partial charge in [-0.15, -0.1) is 0 Å². The van der Waals surface area contributed by atoms with Gasteiger partial charge in [-0.1, -0.05) is 95.8 Å². The van der Waals surface area contributed by atoms with E-state index in [9.17, 15) is 4.79 Å². The van der Waals surface area contributed by atoms with E-state index in [-0.39, 0.29) is 0 Å². The molecule has 0 aromatic heterocycles. The van der Waals surface area contributed by atoms with E-state index in [2.05, 4.69) is 30.6 Å². The first-order valence-corrected chi connectivity index (χ1v) is 10.9. The molecule has 0 spiro atoms. The minimum Gasteiger partial charge on any atom is -0.481 e. The Bertz CT molecular complexity index is 431. The van der Waals surface area contributed by atoms with Gasteiger partial charge in [-0.3, -0.25) is 4.79 Å². The van der Waals surface area contributed by atoms with Crippen molar-refractivity contribution in [2.75, 3.05) is 0 Å². The Kier molecular flexibility index (Phi) is 20.5. The maximum absolute atomic E-state index is 10.4. The summed E-state index contributed by atoms with van der Waals surface area (Å²) in [7, 11) is 0. The summed E-state index contributed by atoms with van der Waals surface area (Å²) >= 11 is 0. The molecular weight excluding hydrogens is 320 g/mol. The van der Waals surface area contributed by atoms with Crippen LogP contribution in [-0.4, -0.2) is 11.1 Å². The molecule has 148 valence electrons. The number of unbranched alkanes of at least 4 members (excludes halogenated alkanes) is 15. The monoisotopic (exact) mass is 360 g/mol. The van der Waals surface area contributed by atoms with Crippen LogP contribution in [0.2, 0.25) is 0 Å². The molecule has 0 aromatic rings. The number of hydrogen-bond acceptors (Lipinski definition) is 1. The summed E-state index contributed by atoms with van der Waals surface area (Å²) in [5.74, 6) is 11.6. The molecule has 0 atom stereocenters. The second kappa shape index (κ2) is 21.6. The van der Waals surface area contributed by atoms with Crippen molar-refractivity contribution in [2.24, 2.45) is 0 Å². The van der Waals surface area contributed by atoms with E-state index in [1.165, 1.54) is 70.6 Å². The van der Waals surface area contributed by atoms with Crippen molar-refractivity contribution < 1.29 is 9.90 Å². The molecule has 0 heterocycles. The zero-order valence-electron chi connectivity index (χ0n) is 17.1. The second-order valence-corrected chi connectivity index (χ2v) is 7.20. The van der Waals surface area contributed by atoms with Crippen LogP contribution in [-0.2, 0) is 4.79 Å². The first-order chi connectivity index (χ1) is 12.8. The highest BCUT2D eigenvalue weighted by atomic mass is 16.4. The quantitative estimate of drug-likeness (QED) is 0.221. The Labute approximate surface area is 162 Å². The Morgan fingerprint density at radius 1 is 0.615 bits per heavy atom. The molecule has 0 aromatic carbocycles. The van der Waals surface area contributed by atoms with Crippen molar-refractivity contribution in [3.8, 4) is 23.7 Å². The third kappa shape index (κ3) is 22.6. The van der Waals surface area contributed by atoms with Crippen molar-refractivity contribution in [1.82, 2.24) is 0 Å². The zero-order chi connectivity index (χ0) is 19.1. The van der Waals surface area contributed by atoms with Gasteiger partial charge in [0.05, 0.1) is 0 Å². The van der Waals surface area contributed by atoms with Gasteiger partial charge in [-0.25, -0.2) is 0 Å². The van der Waals surface area contributed by atoms with E-state index in [1.54, 1.807) is 0 Å². The maximum Gasteiger partial charge on any atom is 0.303 e. The van der Waals surface area contributed by atoms with Gasteiger partial charge in [0.2, 0.25) is 0 Å². The minimum absolute atomic E-state index is 0.315. The lowest BCUT2D eigenvalue weighted by Crippen LogP contribution is -1.93. The van der Waals surface area contributed by atoms with E-state index >= 15 is 0 Å². The van der Waals surface area contributed by atoms with Crippen LogP contribution in [0.5, 0.6) is 0 Å². The molecule has 26 heavy (non-hydrogen) atoms. The maximum atomic E-state index is 10.4. The lowest BCUT2D eigenvalue weighted by molar-refractivity contribution is -0.137. The van der Waals surface area contributed by atoms with E-state index in [4.69, 9.17) is 5.11 Å². The fraction of sp³-hybridized carbons (Fsp3) is 0.792. The SMILES string of the molecule is CCCCCCCCCCC#CC#CCCCCCCCCCC(=O)O. The summed E-state index contributed by atoms with van der Waals surface area (Å²) in [5, 5.41) is 8.55. The molecule has 0 aliphatic carbocycles. The van der Waals surface area contributed by atoms with Gasteiger partial charge in [0, 0.05) is 19.3 Å². The number of carboxylic acid groups (broad SMARTS) is 1. The normalized spacial score (nSPS) is 9.88. The fourth-order valence-electron chi connectivity index (χ4n) is 2.93. The molecule has 1 N–H and O–H groups in total. The van der Waals surface area contributed by atoms with Crippen LogP contribution in [0.25, 0.3) is 0 Å². The minimum atomic E-state index is -0.676. The van der Waals surface area contributed by atoms with E-state index < -0.39 is 5.97 Å². The van der Waals surface area contributed by atoms with Crippen molar-refractivity contribution in [1.29, 1.82) is 0 Å². The van der Waals surface area contributed by atoms with E-state index in [1.807, 2.05) is 0 Å². The second-order valence-electron chi connectivity index (χ2n) is 7.20. The number of rotatable bonds is 17. The topological polar surface area (TPSA) is 37.3 Å². The summed E-state index contributed by atoms with van der Waals surface area (Å²) in [5.41, 5.74) is 0. The van der Waals surface area contributed by atoms with Crippen LogP contribution in [0.15, 0.2) is 0 Å². The highest BCUT2D eigenvalue weighted by molar-refractivity contribution is 5.66. The highest BCUT2D eigenvalue weighted by Crippen LogP contribution is 2.10. The Balaban J connectivity index is 3.25. The lowest BCUT2D eigenvalue weighted by atomic mass is 10.1. The van der Waals surface area contributed by atoms with Crippen molar-refractivity contribution in [2.45, 2.75) is 122 Å². The molecule has 0 saturated carbocycles. The van der Waals surface area contributed by atoms with Crippen molar-refractivity contribution >= 4 is 5.97 Å². The van der Waals surface area contributed by atoms with Crippen molar-refractivity contribution in [3.63, 3.8) is 0 Å². The first-order valence-electron chi connectivity index (χ1n) is 10.9. The van der Waals surface area contributed by atoms with Crippen LogP contribution >= 0.6 is 0 Å². The molecular formula is C24H40O2. The van der Waals surface area contributed by atoms with Crippen LogP contribution in [0.4, 0.5) is 0 Å². The third-order valence-electron chi connectivity index (χ3n) is 4.59. The van der Waals surface area contributed by atoms with Crippen LogP contribution in [0.1, 0.15) is 122 Å². The molecule has 0 rings (SSSR count). The van der Waals surface area contributed by atoms with Gasteiger partial charge in [-0.2, -0.15) is 0 Å². The zero-order valence-corrected chi connectivity index (χ0v) is 17.1. The van der Waals surface area contributed by atoms with Crippen LogP contribution in [0.3, 0.4) is 0 Å². The standard InChI is InChI=1S/C24H40O2/c1-2-3-4-5-6-7-8-9-10-11-12-13-14-15-16-17-18-19-20-21-22-23-24(25)26/h2-10,15-23H2,1H3,(H,25,26). The molecule has 2 nitrogen and oxygen atoms in total. The molecule has 0 saturated heterocycles. The highest BCUT2D eigenvalue weighted by Gasteiger charge is 1.96. The number of carbonyl (C=O) groups is 1. The summed E-state index contributed by atoms with van der Waals surface area (Å²) in [6, 6.07) is 0. The molecule has 0 bridgehead atoms. The lowest BCUT2D eigenvalue weighted by Gasteiger charge is -1.99. The molecule has 0 aliphatic rings. The van der Waals surface area contributed by atoms with Gasteiger partial charge < -0.3 is 5.11 Å². The molecule has 0 amide bonds. The summed E-state index contributed by atoms with van der Waals surface area (Å²) in [4.78, 5) is 10.4. The average molecular weight is 361 g/mol. The third-order valence-corrected chi connectivity index (χ3v) is 4.59. The average Bonchev–Trinajstić information content (AvgIpc) is 2.62. The van der Waals surface area contributed by atoms with Gasteiger partial charge in [0.15, 0.2) is 0 Å². The van der Waals surface area contributed by atoms with Crippen LogP contribution in [0, 0.1) is 23.7 Å². The molecule has 0 unspecified atom stereocenters. The van der Waals surface area contributed by atoms with E-state index in [0.29, 0.717) is 6.42 Å². The van der Waals surface area contributed by atoms with Gasteiger partial charge in [-0.05, 0) is 31.1 Å². The summed E-state index contributed by atoms with van der Waals surface area (Å²) in [6.07, 6.45) is 20.9. The van der Waals surface area contributed by atoms with Crippen LogP contribution < -0.4 is 0 Å². The molecule has 0 fully saturated rings. The Morgan fingerprint density at radius 3 is 1.42 bits per heavy atom. The number of carboxylic acids is 1. The Hall–Kier alpha value is -1.41. The largest absolute Gasteiger partial charge is 0.481 e. The van der Waals surface area contributed by atoms with Crippen molar-refractivity contribution in [3.05, 3.63) is 0 Å². The fourth-order valence-corrected chi connectivity index (χ4v) is 2.93. The van der Waals surface area contributed by atoms with Gasteiger partial charge >= 0.3 is 5.97 Å². The number of hydrogen-bond donors (Lipinski definition) is 1. The Morgan fingerprint density at radius 2 is 1.00 bits per heavy atom.